The molecule has 2 heterocycles. The van der Waals surface area contributed by atoms with Gasteiger partial charge in [0, 0.05) is 18.3 Å². The maximum Gasteiger partial charge on any atom is 0.191 e. The van der Waals surface area contributed by atoms with Crippen molar-refractivity contribution < 1.29 is 4.39 Å². The summed E-state index contributed by atoms with van der Waals surface area (Å²) in [6.45, 7) is 6.33. The van der Waals surface area contributed by atoms with Crippen LogP contribution >= 0.6 is 11.8 Å². The van der Waals surface area contributed by atoms with Gasteiger partial charge in [-0.05, 0) is 50.9 Å². The van der Waals surface area contributed by atoms with E-state index in [-0.39, 0.29) is 5.82 Å². The number of aromatic nitrogens is 3. The molecule has 0 aliphatic carbocycles. The van der Waals surface area contributed by atoms with Gasteiger partial charge in [0.15, 0.2) is 11.0 Å². The van der Waals surface area contributed by atoms with Gasteiger partial charge in [-0.3, -0.25) is 0 Å². The normalized spacial score (nSPS) is 18.6. The summed E-state index contributed by atoms with van der Waals surface area (Å²) in [5.41, 5.74) is 0.527. The second kappa shape index (κ2) is 9.00. The molecule has 3 rings (SSSR count). The highest BCUT2D eigenvalue weighted by atomic mass is 32.2. The standard InChI is InChI=1S/C20H29FN4S/c1-15(2)14-25-19(17-9-4-5-10-18(17)21)22-23-20(25)26-13-11-16-8-6-7-12-24(16)3/h4-5,9-10,15-16H,6-8,11-14H2,1-3H3. The lowest BCUT2D eigenvalue weighted by molar-refractivity contribution is 0.182. The summed E-state index contributed by atoms with van der Waals surface area (Å²) in [5.74, 6) is 1.85. The lowest BCUT2D eigenvalue weighted by atomic mass is 10.0. The molecule has 1 unspecified atom stereocenters. The maximum absolute atomic E-state index is 14.2. The molecule has 4 nitrogen and oxygen atoms in total. The van der Waals surface area contributed by atoms with Crippen LogP contribution in [0.25, 0.3) is 11.4 Å². The zero-order valence-electron chi connectivity index (χ0n) is 16.0. The fraction of sp³-hybridized carbons (Fsp3) is 0.600. The minimum absolute atomic E-state index is 0.245. The molecule has 0 radical (unpaired) electrons. The minimum atomic E-state index is -0.245. The fourth-order valence-electron chi connectivity index (χ4n) is 3.56. The second-order valence-electron chi connectivity index (χ2n) is 7.56. The Morgan fingerprint density at radius 3 is 2.77 bits per heavy atom. The van der Waals surface area contributed by atoms with Gasteiger partial charge in [-0.2, -0.15) is 0 Å². The lowest BCUT2D eigenvalue weighted by Crippen LogP contribution is -2.36. The van der Waals surface area contributed by atoms with Crippen molar-refractivity contribution in [2.24, 2.45) is 5.92 Å². The molecule has 0 N–H and O–H groups in total. The van der Waals surface area contributed by atoms with Crippen LogP contribution in [0.3, 0.4) is 0 Å². The summed E-state index contributed by atoms with van der Waals surface area (Å²) in [7, 11) is 2.23. The highest BCUT2D eigenvalue weighted by Gasteiger charge is 2.21. The zero-order valence-corrected chi connectivity index (χ0v) is 16.8. The molecular weight excluding hydrogens is 347 g/mol. The molecule has 6 heteroatoms. The van der Waals surface area contributed by atoms with Crippen molar-refractivity contribution in [3.05, 3.63) is 30.1 Å². The van der Waals surface area contributed by atoms with Crippen molar-refractivity contribution in [1.82, 2.24) is 19.7 Å². The van der Waals surface area contributed by atoms with Gasteiger partial charge in [-0.15, -0.1) is 10.2 Å². The van der Waals surface area contributed by atoms with E-state index in [0.29, 0.717) is 23.3 Å². The van der Waals surface area contributed by atoms with Crippen LogP contribution in [-0.2, 0) is 6.54 Å². The van der Waals surface area contributed by atoms with Gasteiger partial charge < -0.3 is 9.47 Å². The number of rotatable bonds is 7. The third-order valence-electron chi connectivity index (χ3n) is 4.98. The molecule has 0 amide bonds. The molecule has 1 aliphatic heterocycles. The van der Waals surface area contributed by atoms with Crippen LogP contribution in [0.2, 0.25) is 0 Å². The van der Waals surface area contributed by atoms with Crippen LogP contribution in [0, 0.1) is 11.7 Å². The third kappa shape index (κ3) is 4.65. The molecule has 0 bridgehead atoms. The topological polar surface area (TPSA) is 34.0 Å². The van der Waals surface area contributed by atoms with Gasteiger partial charge >= 0.3 is 0 Å². The summed E-state index contributed by atoms with van der Waals surface area (Å²) in [4.78, 5) is 2.48. The van der Waals surface area contributed by atoms with E-state index < -0.39 is 0 Å². The van der Waals surface area contributed by atoms with Gasteiger partial charge in [-0.1, -0.05) is 44.2 Å². The quantitative estimate of drug-likeness (QED) is 0.656. The smallest absolute Gasteiger partial charge is 0.191 e. The van der Waals surface area contributed by atoms with Gasteiger partial charge in [0.25, 0.3) is 0 Å². The Bertz CT molecular complexity index is 716. The number of thioether (sulfide) groups is 1. The number of halogens is 1. The SMILES string of the molecule is CC(C)Cn1c(SCCC2CCCCN2C)nnc1-c1ccccc1F. The first kappa shape index (κ1) is 19.4. The Morgan fingerprint density at radius 1 is 1.23 bits per heavy atom. The summed E-state index contributed by atoms with van der Waals surface area (Å²) >= 11 is 1.75. The number of nitrogens with zero attached hydrogens (tertiary/aromatic N) is 4. The average Bonchev–Trinajstić information content (AvgIpc) is 2.99. The van der Waals surface area contributed by atoms with Crippen LogP contribution in [0.1, 0.15) is 39.5 Å². The summed E-state index contributed by atoms with van der Waals surface area (Å²) < 4.78 is 16.3. The van der Waals surface area contributed by atoms with Gasteiger partial charge in [0.1, 0.15) is 5.82 Å². The Balaban J connectivity index is 1.73. The van der Waals surface area contributed by atoms with E-state index in [1.165, 1.54) is 31.9 Å². The van der Waals surface area contributed by atoms with E-state index in [4.69, 9.17) is 0 Å². The Morgan fingerprint density at radius 2 is 2.04 bits per heavy atom. The number of hydrogen-bond donors (Lipinski definition) is 0. The van der Waals surface area contributed by atoms with E-state index in [2.05, 4.69) is 40.6 Å². The Hall–Kier alpha value is -1.40. The first-order valence-electron chi connectivity index (χ1n) is 9.57. The molecule has 142 valence electrons. The third-order valence-corrected chi connectivity index (χ3v) is 5.98. The van der Waals surface area contributed by atoms with Crippen LogP contribution in [0.4, 0.5) is 4.39 Å². The number of likely N-dealkylation sites (tertiary alicyclic amines) is 1. The molecule has 1 aromatic heterocycles. The molecule has 1 aliphatic rings. The fourth-order valence-corrected chi connectivity index (χ4v) is 4.55. The van der Waals surface area contributed by atoms with Crippen molar-refractivity contribution in [1.29, 1.82) is 0 Å². The number of benzene rings is 1. The number of piperidine rings is 1. The van der Waals surface area contributed by atoms with E-state index in [1.807, 2.05) is 6.07 Å². The molecule has 1 aromatic carbocycles. The molecule has 0 saturated carbocycles. The predicted molar refractivity (Wildman–Crippen MR) is 106 cm³/mol. The molecular formula is C20H29FN4S. The van der Waals surface area contributed by atoms with Crippen molar-refractivity contribution >= 4 is 11.8 Å². The second-order valence-corrected chi connectivity index (χ2v) is 8.62. The van der Waals surface area contributed by atoms with E-state index in [9.17, 15) is 4.39 Å². The molecule has 1 atom stereocenters. The Labute approximate surface area is 160 Å². The monoisotopic (exact) mass is 376 g/mol. The molecule has 0 spiro atoms. The van der Waals surface area contributed by atoms with Gasteiger partial charge in [0.05, 0.1) is 5.56 Å². The van der Waals surface area contributed by atoms with Crippen molar-refractivity contribution in [2.45, 2.75) is 57.3 Å². The molecule has 1 saturated heterocycles. The van der Waals surface area contributed by atoms with E-state index >= 15 is 0 Å². The predicted octanol–water partition coefficient (Wildman–Crippen LogP) is 4.71. The summed E-state index contributed by atoms with van der Waals surface area (Å²) in [5, 5.41) is 9.60. The van der Waals surface area contributed by atoms with Gasteiger partial charge in [0.2, 0.25) is 0 Å². The van der Waals surface area contributed by atoms with Crippen molar-refractivity contribution in [3.8, 4) is 11.4 Å². The molecule has 1 fully saturated rings. The van der Waals surface area contributed by atoms with Crippen LogP contribution in [-0.4, -0.2) is 45.1 Å². The Kier molecular flexibility index (Phi) is 6.70. The van der Waals surface area contributed by atoms with Crippen LogP contribution < -0.4 is 0 Å². The van der Waals surface area contributed by atoms with Crippen molar-refractivity contribution in [3.63, 3.8) is 0 Å². The summed E-state index contributed by atoms with van der Waals surface area (Å²) in [6.07, 6.45) is 5.09. The van der Waals surface area contributed by atoms with Crippen LogP contribution in [0.5, 0.6) is 0 Å². The van der Waals surface area contributed by atoms with Gasteiger partial charge in [-0.25, -0.2) is 4.39 Å². The highest BCUT2D eigenvalue weighted by molar-refractivity contribution is 7.99. The highest BCUT2D eigenvalue weighted by Crippen LogP contribution is 2.28. The zero-order chi connectivity index (χ0) is 18.5. The van der Waals surface area contributed by atoms with E-state index in [0.717, 1.165) is 23.9 Å². The van der Waals surface area contributed by atoms with Crippen LogP contribution in [0.15, 0.2) is 29.4 Å². The average molecular weight is 377 g/mol. The van der Waals surface area contributed by atoms with Crippen molar-refractivity contribution in [2.75, 3.05) is 19.3 Å². The summed E-state index contributed by atoms with van der Waals surface area (Å²) in [6, 6.07) is 7.48. The number of hydrogen-bond acceptors (Lipinski definition) is 4. The lowest BCUT2D eigenvalue weighted by Gasteiger charge is -2.32. The minimum Gasteiger partial charge on any atom is -0.303 e. The molecule has 26 heavy (non-hydrogen) atoms. The van der Waals surface area contributed by atoms with E-state index in [1.54, 1.807) is 23.9 Å². The molecule has 2 aromatic rings. The maximum atomic E-state index is 14.2. The largest absolute Gasteiger partial charge is 0.303 e. The first-order valence-corrected chi connectivity index (χ1v) is 10.6. The first-order chi connectivity index (χ1) is 12.6.